The summed E-state index contributed by atoms with van der Waals surface area (Å²) in [5.41, 5.74) is 0. The first-order chi connectivity index (χ1) is 7.02. The van der Waals surface area contributed by atoms with Crippen molar-refractivity contribution in [3.63, 3.8) is 0 Å². The van der Waals surface area contributed by atoms with Crippen LogP contribution in [0.3, 0.4) is 0 Å². The Morgan fingerprint density at radius 2 is 2.07 bits per heavy atom. The predicted octanol–water partition coefficient (Wildman–Crippen LogP) is 1.45. The van der Waals surface area contributed by atoms with Crippen molar-refractivity contribution in [3.05, 3.63) is 0 Å². The number of carbonyl (C=O) groups is 2. The van der Waals surface area contributed by atoms with Gasteiger partial charge in [0.2, 0.25) is 5.91 Å². The van der Waals surface area contributed by atoms with Gasteiger partial charge in [-0.05, 0) is 20.1 Å². The van der Waals surface area contributed by atoms with Crippen LogP contribution in [0.25, 0.3) is 0 Å². The molecular formula is C10H19NO3S. The Balaban J connectivity index is 4.20. The van der Waals surface area contributed by atoms with Gasteiger partial charge in [0.25, 0.3) is 0 Å². The maximum absolute atomic E-state index is 11.7. The van der Waals surface area contributed by atoms with Gasteiger partial charge in [0.1, 0.15) is 0 Å². The Kier molecular flexibility index (Phi) is 7.21. The van der Waals surface area contributed by atoms with E-state index < -0.39 is 5.97 Å². The summed E-state index contributed by atoms with van der Waals surface area (Å²) in [5, 5.41) is 8.64. The van der Waals surface area contributed by atoms with Gasteiger partial charge in [-0.3, -0.25) is 9.59 Å². The molecule has 0 spiro atoms. The molecule has 0 bridgehead atoms. The lowest BCUT2D eigenvalue weighted by Gasteiger charge is -2.27. The van der Waals surface area contributed by atoms with Crippen LogP contribution >= 0.6 is 11.8 Å². The predicted molar refractivity (Wildman–Crippen MR) is 62.1 cm³/mol. The Hall–Kier alpha value is -0.710. The second-order valence-corrected chi connectivity index (χ2v) is 4.36. The van der Waals surface area contributed by atoms with Crippen molar-refractivity contribution < 1.29 is 14.7 Å². The fourth-order valence-electron chi connectivity index (χ4n) is 1.43. The fourth-order valence-corrected chi connectivity index (χ4v) is 1.81. The third kappa shape index (κ3) is 5.67. The lowest BCUT2D eigenvalue weighted by Crippen LogP contribution is -2.39. The van der Waals surface area contributed by atoms with E-state index in [9.17, 15) is 9.59 Å². The van der Waals surface area contributed by atoms with E-state index in [0.717, 1.165) is 5.75 Å². The third-order valence-electron chi connectivity index (χ3n) is 2.18. The maximum atomic E-state index is 11.7. The first kappa shape index (κ1) is 14.3. The summed E-state index contributed by atoms with van der Waals surface area (Å²) in [6.45, 7) is 4.21. The SMILES string of the molecule is CCN(C(=O)CCSC)C(C)CC(=O)O. The van der Waals surface area contributed by atoms with Crippen LogP contribution < -0.4 is 0 Å². The van der Waals surface area contributed by atoms with Gasteiger partial charge in [-0.15, -0.1) is 0 Å². The van der Waals surface area contributed by atoms with E-state index in [1.807, 2.05) is 13.2 Å². The van der Waals surface area contributed by atoms with E-state index in [2.05, 4.69) is 0 Å². The summed E-state index contributed by atoms with van der Waals surface area (Å²) in [6, 6.07) is -0.221. The maximum Gasteiger partial charge on any atom is 0.305 e. The molecule has 0 aliphatic heterocycles. The summed E-state index contributed by atoms with van der Waals surface area (Å²) in [4.78, 5) is 23.8. The molecule has 0 aromatic heterocycles. The van der Waals surface area contributed by atoms with Crippen LogP contribution in [0.4, 0.5) is 0 Å². The van der Waals surface area contributed by atoms with Crippen molar-refractivity contribution in [1.82, 2.24) is 4.90 Å². The van der Waals surface area contributed by atoms with E-state index in [4.69, 9.17) is 5.11 Å². The Bertz CT molecular complexity index is 221. The van der Waals surface area contributed by atoms with Crippen molar-refractivity contribution in [2.75, 3.05) is 18.6 Å². The van der Waals surface area contributed by atoms with Crippen LogP contribution in [0.2, 0.25) is 0 Å². The van der Waals surface area contributed by atoms with Crippen LogP contribution in [-0.4, -0.2) is 46.5 Å². The molecule has 0 rings (SSSR count). The summed E-state index contributed by atoms with van der Waals surface area (Å²) >= 11 is 1.62. The monoisotopic (exact) mass is 233 g/mol. The number of nitrogens with zero attached hydrogens (tertiary/aromatic N) is 1. The number of thioether (sulfide) groups is 1. The Labute approximate surface area is 95.0 Å². The zero-order valence-electron chi connectivity index (χ0n) is 9.52. The second-order valence-electron chi connectivity index (χ2n) is 3.37. The van der Waals surface area contributed by atoms with Crippen molar-refractivity contribution in [1.29, 1.82) is 0 Å². The summed E-state index contributed by atoms with van der Waals surface area (Å²) in [6.07, 6.45) is 2.45. The van der Waals surface area contributed by atoms with Gasteiger partial charge in [0.05, 0.1) is 6.42 Å². The molecule has 0 aliphatic carbocycles. The molecule has 0 aromatic carbocycles. The number of amides is 1. The van der Waals surface area contributed by atoms with Crippen molar-refractivity contribution in [2.45, 2.75) is 32.7 Å². The van der Waals surface area contributed by atoms with Crippen LogP contribution in [0.5, 0.6) is 0 Å². The zero-order valence-corrected chi connectivity index (χ0v) is 10.3. The van der Waals surface area contributed by atoms with E-state index >= 15 is 0 Å². The van der Waals surface area contributed by atoms with E-state index in [1.165, 1.54) is 0 Å². The van der Waals surface area contributed by atoms with Gasteiger partial charge in [-0.1, -0.05) is 0 Å². The normalized spacial score (nSPS) is 12.2. The smallest absolute Gasteiger partial charge is 0.305 e. The van der Waals surface area contributed by atoms with Gasteiger partial charge < -0.3 is 10.0 Å². The summed E-state index contributed by atoms with van der Waals surface area (Å²) < 4.78 is 0. The molecule has 0 radical (unpaired) electrons. The highest BCUT2D eigenvalue weighted by atomic mass is 32.2. The highest BCUT2D eigenvalue weighted by Gasteiger charge is 2.19. The minimum absolute atomic E-state index is 0.0127. The molecule has 0 saturated carbocycles. The largest absolute Gasteiger partial charge is 0.481 e. The molecule has 1 amide bonds. The molecule has 1 unspecified atom stereocenters. The number of hydrogen-bond donors (Lipinski definition) is 1. The number of carboxylic acids is 1. The molecule has 88 valence electrons. The first-order valence-electron chi connectivity index (χ1n) is 5.03. The molecule has 1 atom stereocenters. The van der Waals surface area contributed by atoms with Crippen LogP contribution in [0, 0.1) is 0 Å². The highest BCUT2D eigenvalue weighted by molar-refractivity contribution is 7.98. The van der Waals surface area contributed by atoms with Gasteiger partial charge in [0, 0.05) is 24.8 Å². The lowest BCUT2D eigenvalue weighted by molar-refractivity contribution is -0.140. The van der Waals surface area contributed by atoms with Crippen LogP contribution in [0.15, 0.2) is 0 Å². The number of hydrogen-bond acceptors (Lipinski definition) is 3. The van der Waals surface area contributed by atoms with Crippen LogP contribution in [0.1, 0.15) is 26.7 Å². The number of aliphatic carboxylic acids is 1. The van der Waals surface area contributed by atoms with Crippen molar-refractivity contribution in [3.8, 4) is 0 Å². The second kappa shape index (κ2) is 7.56. The standard InChI is InChI=1S/C10H19NO3S/c1-4-11(8(2)7-10(13)14)9(12)5-6-15-3/h8H,4-7H2,1-3H3,(H,13,14). The summed E-state index contributed by atoms with van der Waals surface area (Å²) in [7, 11) is 0. The first-order valence-corrected chi connectivity index (χ1v) is 6.42. The molecule has 0 aliphatic rings. The number of carboxylic acid groups (broad SMARTS) is 1. The Morgan fingerprint density at radius 1 is 1.47 bits per heavy atom. The van der Waals surface area contributed by atoms with E-state index in [-0.39, 0.29) is 18.4 Å². The van der Waals surface area contributed by atoms with Crippen LogP contribution in [-0.2, 0) is 9.59 Å². The van der Waals surface area contributed by atoms with Crippen molar-refractivity contribution >= 4 is 23.6 Å². The zero-order chi connectivity index (χ0) is 11.8. The fraction of sp³-hybridized carbons (Fsp3) is 0.800. The molecule has 0 saturated heterocycles. The Morgan fingerprint density at radius 3 is 2.47 bits per heavy atom. The average Bonchev–Trinajstić information content (AvgIpc) is 2.14. The third-order valence-corrected chi connectivity index (χ3v) is 2.80. The minimum atomic E-state index is -0.862. The van der Waals surface area contributed by atoms with Gasteiger partial charge in [-0.2, -0.15) is 11.8 Å². The molecule has 0 heterocycles. The molecule has 0 aromatic rings. The molecular weight excluding hydrogens is 214 g/mol. The molecule has 1 N–H and O–H groups in total. The van der Waals surface area contributed by atoms with E-state index in [1.54, 1.807) is 23.6 Å². The van der Waals surface area contributed by atoms with Gasteiger partial charge in [0.15, 0.2) is 0 Å². The number of rotatable bonds is 7. The molecule has 5 heteroatoms. The molecule has 0 fully saturated rings. The highest BCUT2D eigenvalue weighted by Crippen LogP contribution is 2.08. The molecule has 4 nitrogen and oxygen atoms in total. The number of carbonyl (C=O) groups excluding carboxylic acids is 1. The van der Waals surface area contributed by atoms with Crippen molar-refractivity contribution in [2.24, 2.45) is 0 Å². The van der Waals surface area contributed by atoms with Gasteiger partial charge in [-0.25, -0.2) is 0 Å². The molecule has 15 heavy (non-hydrogen) atoms. The summed E-state index contributed by atoms with van der Waals surface area (Å²) in [5.74, 6) is -0.0333. The quantitative estimate of drug-likeness (QED) is 0.723. The average molecular weight is 233 g/mol. The minimum Gasteiger partial charge on any atom is -0.481 e. The lowest BCUT2D eigenvalue weighted by atomic mass is 10.2. The van der Waals surface area contributed by atoms with E-state index in [0.29, 0.717) is 13.0 Å². The van der Waals surface area contributed by atoms with Gasteiger partial charge >= 0.3 is 5.97 Å². The topological polar surface area (TPSA) is 57.6 Å².